The van der Waals surface area contributed by atoms with Crippen LogP contribution in [0.3, 0.4) is 0 Å². The van der Waals surface area contributed by atoms with E-state index < -0.39 is 6.04 Å². The van der Waals surface area contributed by atoms with E-state index in [1.165, 1.54) is 18.2 Å². The van der Waals surface area contributed by atoms with Crippen molar-refractivity contribution in [3.8, 4) is 0 Å². The first-order chi connectivity index (χ1) is 9.51. The van der Waals surface area contributed by atoms with Crippen LogP contribution in [-0.2, 0) is 6.42 Å². The number of hydrazine groups is 1. The van der Waals surface area contributed by atoms with E-state index in [0.29, 0.717) is 16.5 Å². The zero-order valence-electron chi connectivity index (χ0n) is 10.3. The minimum Gasteiger partial charge on any atom is -0.271 e. The third-order valence-corrected chi connectivity index (χ3v) is 4.21. The maximum absolute atomic E-state index is 13.9. The molecule has 0 saturated heterocycles. The fourth-order valence-corrected chi connectivity index (χ4v) is 2.84. The van der Waals surface area contributed by atoms with Crippen molar-refractivity contribution in [2.45, 2.75) is 12.5 Å². The number of hydrogen-bond acceptors (Lipinski definition) is 2. The predicted molar refractivity (Wildman–Crippen MR) is 82.0 cm³/mol. The fraction of sp³-hybridized carbons (Fsp3) is 0.143. The lowest BCUT2D eigenvalue weighted by atomic mass is 9.99. The molecule has 106 valence electrons. The molecule has 0 amide bonds. The van der Waals surface area contributed by atoms with Crippen LogP contribution < -0.4 is 11.3 Å². The second-order valence-corrected chi connectivity index (χ2v) is 6.09. The molecule has 0 heterocycles. The highest BCUT2D eigenvalue weighted by molar-refractivity contribution is 9.10. The van der Waals surface area contributed by atoms with Crippen molar-refractivity contribution < 1.29 is 8.78 Å². The van der Waals surface area contributed by atoms with Crippen molar-refractivity contribution >= 4 is 31.9 Å². The molecule has 1 unspecified atom stereocenters. The first-order valence-electron chi connectivity index (χ1n) is 5.86. The van der Waals surface area contributed by atoms with Crippen molar-refractivity contribution in [2.24, 2.45) is 5.84 Å². The average molecular weight is 406 g/mol. The molecule has 6 heteroatoms. The normalized spacial score (nSPS) is 12.4. The van der Waals surface area contributed by atoms with Gasteiger partial charge in [-0.2, -0.15) is 0 Å². The monoisotopic (exact) mass is 404 g/mol. The van der Waals surface area contributed by atoms with Crippen LogP contribution in [0.2, 0.25) is 0 Å². The fourth-order valence-electron chi connectivity index (χ4n) is 1.95. The molecule has 2 aromatic rings. The van der Waals surface area contributed by atoms with Crippen LogP contribution in [0.1, 0.15) is 17.2 Å². The first kappa shape index (κ1) is 15.6. The van der Waals surface area contributed by atoms with Crippen molar-refractivity contribution in [1.29, 1.82) is 0 Å². The van der Waals surface area contributed by atoms with Crippen molar-refractivity contribution in [1.82, 2.24) is 5.43 Å². The van der Waals surface area contributed by atoms with Crippen LogP contribution in [0.25, 0.3) is 0 Å². The Hall–Kier alpha value is -0.820. The van der Waals surface area contributed by atoms with Crippen LogP contribution in [-0.4, -0.2) is 0 Å². The van der Waals surface area contributed by atoms with Crippen LogP contribution in [0, 0.1) is 11.6 Å². The molecular formula is C14H12Br2F2N2. The van der Waals surface area contributed by atoms with E-state index >= 15 is 0 Å². The minimum atomic E-state index is -0.408. The Kier molecular flexibility index (Phi) is 5.26. The van der Waals surface area contributed by atoms with E-state index in [2.05, 4.69) is 37.3 Å². The highest BCUT2D eigenvalue weighted by atomic mass is 79.9. The average Bonchev–Trinajstić information content (AvgIpc) is 2.41. The summed E-state index contributed by atoms with van der Waals surface area (Å²) in [7, 11) is 0. The quantitative estimate of drug-likeness (QED) is 0.589. The number of nitrogens with two attached hydrogens (primary N) is 1. The summed E-state index contributed by atoms with van der Waals surface area (Å²) in [5, 5.41) is 0. The van der Waals surface area contributed by atoms with Gasteiger partial charge in [0.1, 0.15) is 11.6 Å². The Morgan fingerprint density at radius 3 is 2.50 bits per heavy atom. The summed E-state index contributed by atoms with van der Waals surface area (Å²) in [5.74, 6) is 4.86. The number of halogens is 4. The second-order valence-electron chi connectivity index (χ2n) is 4.32. The van der Waals surface area contributed by atoms with Gasteiger partial charge in [-0.05, 0) is 42.3 Å². The van der Waals surface area contributed by atoms with Crippen LogP contribution in [0.5, 0.6) is 0 Å². The molecular weight excluding hydrogens is 394 g/mol. The standard InChI is InChI=1S/C14H12Br2F2N2/c15-9-2-4-13(18)11(6-9)14(20-19)5-8-1-3-10(17)7-12(8)16/h1-4,6-7,14,20H,5,19H2. The van der Waals surface area contributed by atoms with Crippen molar-refractivity contribution in [3.05, 3.63) is 68.1 Å². The Labute approximate surface area is 132 Å². The zero-order chi connectivity index (χ0) is 14.7. The van der Waals surface area contributed by atoms with Gasteiger partial charge in [0.05, 0.1) is 6.04 Å². The van der Waals surface area contributed by atoms with Gasteiger partial charge in [0.25, 0.3) is 0 Å². The van der Waals surface area contributed by atoms with E-state index in [1.54, 1.807) is 18.2 Å². The molecule has 2 aromatic carbocycles. The van der Waals surface area contributed by atoms with Crippen molar-refractivity contribution in [3.63, 3.8) is 0 Å². The molecule has 0 spiro atoms. The van der Waals surface area contributed by atoms with E-state index in [4.69, 9.17) is 5.84 Å². The molecule has 0 bridgehead atoms. The number of rotatable bonds is 4. The molecule has 0 radical (unpaired) electrons. The van der Waals surface area contributed by atoms with Gasteiger partial charge in [-0.25, -0.2) is 8.78 Å². The van der Waals surface area contributed by atoms with Gasteiger partial charge in [0.15, 0.2) is 0 Å². The van der Waals surface area contributed by atoms with Gasteiger partial charge in [0.2, 0.25) is 0 Å². The van der Waals surface area contributed by atoms with Gasteiger partial charge in [-0.3, -0.25) is 11.3 Å². The van der Waals surface area contributed by atoms with E-state index in [1.807, 2.05) is 0 Å². The third kappa shape index (κ3) is 3.63. The summed E-state index contributed by atoms with van der Waals surface area (Å²) in [6.07, 6.45) is 0.435. The van der Waals surface area contributed by atoms with Gasteiger partial charge < -0.3 is 0 Å². The minimum absolute atomic E-state index is 0.327. The Morgan fingerprint density at radius 1 is 1.10 bits per heavy atom. The second kappa shape index (κ2) is 6.76. The lowest BCUT2D eigenvalue weighted by molar-refractivity contribution is 0.509. The maximum atomic E-state index is 13.9. The number of benzene rings is 2. The molecule has 0 aliphatic rings. The topological polar surface area (TPSA) is 38.0 Å². The SMILES string of the molecule is NNC(Cc1ccc(F)cc1Br)c1cc(Br)ccc1F. The molecule has 0 fully saturated rings. The van der Waals surface area contributed by atoms with Crippen molar-refractivity contribution in [2.75, 3.05) is 0 Å². The molecule has 0 saturated carbocycles. The van der Waals surface area contributed by atoms with Crippen LogP contribution in [0.4, 0.5) is 8.78 Å². The molecule has 1 atom stereocenters. The molecule has 0 aromatic heterocycles. The molecule has 20 heavy (non-hydrogen) atoms. The Morgan fingerprint density at radius 2 is 1.85 bits per heavy atom. The molecule has 2 nitrogen and oxygen atoms in total. The summed E-state index contributed by atoms with van der Waals surface area (Å²) in [5.41, 5.74) is 3.90. The van der Waals surface area contributed by atoms with E-state index in [0.717, 1.165) is 10.0 Å². The third-order valence-electron chi connectivity index (χ3n) is 2.97. The summed E-state index contributed by atoms with van der Waals surface area (Å²) in [6, 6.07) is 8.67. The molecule has 3 N–H and O–H groups in total. The van der Waals surface area contributed by atoms with Gasteiger partial charge in [0, 0.05) is 14.5 Å². The van der Waals surface area contributed by atoms with E-state index in [9.17, 15) is 8.78 Å². The molecule has 0 aliphatic heterocycles. The summed E-state index contributed by atoms with van der Waals surface area (Å²) >= 11 is 6.61. The lowest BCUT2D eigenvalue weighted by Crippen LogP contribution is -2.30. The van der Waals surface area contributed by atoms with Gasteiger partial charge >= 0.3 is 0 Å². The Balaban J connectivity index is 2.31. The smallest absolute Gasteiger partial charge is 0.128 e. The number of hydrogen-bond donors (Lipinski definition) is 2. The molecule has 2 rings (SSSR count). The van der Waals surface area contributed by atoms with Gasteiger partial charge in [-0.15, -0.1) is 0 Å². The predicted octanol–water partition coefficient (Wildman–Crippen LogP) is 4.24. The lowest BCUT2D eigenvalue weighted by Gasteiger charge is -2.18. The maximum Gasteiger partial charge on any atom is 0.128 e. The first-order valence-corrected chi connectivity index (χ1v) is 7.45. The van der Waals surface area contributed by atoms with Crippen LogP contribution >= 0.6 is 31.9 Å². The highest BCUT2D eigenvalue weighted by Crippen LogP contribution is 2.27. The van der Waals surface area contributed by atoms with E-state index in [-0.39, 0.29) is 11.6 Å². The van der Waals surface area contributed by atoms with Gasteiger partial charge in [-0.1, -0.05) is 37.9 Å². The molecule has 0 aliphatic carbocycles. The van der Waals surface area contributed by atoms with Crippen LogP contribution in [0.15, 0.2) is 45.3 Å². The number of nitrogens with one attached hydrogen (secondary N) is 1. The summed E-state index contributed by atoms with van der Waals surface area (Å²) < 4.78 is 28.4. The Bertz CT molecular complexity index is 620. The highest BCUT2D eigenvalue weighted by Gasteiger charge is 2.17. The largest absolute Gasteiger partial charge is 0.271 e. The summed E-state index contributed by atoms with van der Waals surface area (Å²) in [6.45, 7) is 0. The summed E-state index contributed by atoms with van der Waals surface area (Å²) in [4.78, 5) is 0. The zero-order valence-corrected chi connectivity index (χ0v) is 13.5.